The monoisotopic (exact) mass is 793 g/mol. The topological polar surface area (TPSA) is 174 Å². The van der Waals surface area contributed by atoms with Gasteiger partial charge in [-0.1, -0.05) is 92.1 Å². The molecule has 2 atom stereocenters. The zero-order valence-corrected chi connectivity index (χ0v) is 32.6. The van der Waals surface area contributed by atoms with E-state index in [9.17, 15) is 24.0 Å². The van der Waals surface area contributed by atoms with Crippen molar-refractivity contribution in [3.8, 4) is 11.4 Å². The minimum Gasteiger partial charge on any atom is -0.494 e. The standard InChI is InChI=1S/C45H43N7O7/c1-28-49-50-41-40(48-45(57)59-27-29-14-7-5-8-15-29)47-39(31-17-10-6-11-18-31)34-26-32(21-22-35(34)51(28)41)58-25-12-4-2-3-9-16-30-19-13-20-33-38(30)44(56)52(43(33)55)36-23-24-37(53)46-42(36)54/h5-8,10-11,13-15,17-22,26,36,40H,2-4,9,12,16,23-25,27H2,1H3,(H,48,57)(H,46,53,54)/t36?,40-/m0/s1. The molecule has 0 saturated carbocycles. The summed E-state index contributed by atoms with van der Waals surface area (Å²) in [6.45, 7) is 2.47. The fourth-order valence-corrected chi connectivity index (χ4v) is 7.83. The third-order valence-electron chi connectivity index (χ3n) is 10.7. The maximum absolute atomic E-state index is 13.4. The number of benzene rings is 4. The summed E-state index contributed by atoms with van der Waals surface area (Å²) >= 11 is 0. The lowest BCUT2D eigenvalue weighted by molar-refractivity contribution is -0.136. The molecule has 5 aromatic rings. The Bertz CT molecular complexity index is 2450. The van der Waals surface area contributed by atoms with Gasteiger partial charge in [-0.2, -0.15) is 0 Å². The molecule has 1 aromatic heterocycles. The fraction of sp³-hybridized carbons (Fsp3) is 0.289. The fourth-order valence-electron chi connectivity index (χ4n) is 7.83. The van der Waals surface area contributed by atoms with Gasteiger partial charge in [0.1, 0.15) is 24.2 Å². The predicted molar refractivity (Wildman–Crippen MR) is 216 cm³/mol. The van der Waals surface area contributed by atoms with Crippen LogP contribution in [-0.4, -0.2) is 67.7 Å². The molecular formula is C45H43N7O7. The molecule has 3 aliphatic rings. The third-order valence-corrected chi connectivity index (χ3v) is 10.7. The molecule has 300 valence electrons. The van der Waals surface area contributed by atoms with Crippen LogP contribution >= 0.6 is 0 Å². The highest BCUT2D eigenvalue weighted by Crippen LogP contribution is 2.33. The Balaban J connectivity index is 0.882. The van der Waals surface area contributed by atoms with Crippen LogP contribution < -0.4 is 15.4 Å². The van der Waals surface area contributed by atoms with Crippen molar-refractivity contribution in [1.29, 1.82) is 0 Å². The average molecular weight is 794 g/mol. The van der Waals surface area contributed by atoms with E-state index in [1.807, 2.05) is 96.4 Å². The van der Waals surface area contributed by atoms with E-state index in [1.165, 1.54) is 0 Å². The highest BCUT2D eigenvalue weighted by Gasteiger charge is 2.45. The van der Waals surface area contributed by atoms with Crippen LogP contribution in [0.4, 0.5) is 4.79 Å². The van der Waals surface area contributed by atoms with Crippen LogP contribution in [0, 0.1) is 6.92 Å². The van der Waals surface area contributed by atoms with E-state index in [0.29, 0.717) is 47.3 Å². The number of alkyl carbamates (subject to hydrolysis) is 1. The normalized spacial score (nSPS) is 17.0. The van der Waals surface area contributed by atoms with Crippen molar-refractivity contribution in [2.24, 2.45) is 4.99 Å². The van der Waals surface area contributed by atoms with E-state index in [0.717, 1.165) is 64.9 Å². The summed E-state index contributed by atoms with van der Waals surface area (Å²) in [5.41, 5.74) is 5.44. The molecule has 0 radical (unpaired) electrons. The van der Waals surface area contributed by atoms with Crippen LogP contribution in [0.3, 0.4) is 0 Å². The summed E-state index contributed by atoms with van der Waals surface area (Å²) in [6, 6.07) is 29.3. The van der Waals surface area contributed by atoms with E-state index in [-0.39, 0.29) is 19.4 Å². The van der Waals surface area contributed by atoms with Gasteiger partial charge in [0, 0.05) is 17.5 Å². The van der Waals surface area contributed by atoms with Gasteiger partial charge >= 0.3 is 6.09 Å². The number of hydrogen-bond acceptors (Lipinski definition) is 10. The first kappa shape index (κ1) is 38.9. The lowest BCUT2D eigenvalue weighted by atomic mass is 9.97. The number of ether oxygens (including phenoxy) is 2. The summed E-state index contributed by atoms with van der Waals surface area (Å²) in [6.07, 6.45) is 3.80. The van der Waals surface area contributed by atoms with Crippen molar-refractivity contribution < 1.29 is 33.4 Å². The molecule has 59 heavy (non-hydrogen) atoms. The lowest BCUT2D eigenvalue weighted by Gasteiger charge is -2.27. The van der Waals surface area contributed by atoms with Gasteiger partial charge in [0.2, 0.25) is 11.8 Å². The molecule has 0 aliphatic carbocycles. The molecule has 1 fully saturated rings. The quantitative estimate of drug-likeness (QED) is 0.0963. The molecule has 8 rings (SSSR count). The molecule has 4 heterocycles. The summed E-state index contributed by atoms with van der Waals surface area (Å²) in [4.78, 5) is 69.9. The number of aromatic nitrogens is 3. The SMILES string of the molecule is Cc1nnc2n1-c1ccc(OCCCCCCCc3cccc4c3C(=O)N(C3CCC(=O)NC3=O)C4=O)cc1C(c1ccccc1)=N[C@H]2NC(=O)OCc1ccccc1. The molecule has 1 unspecified atom stereocenters. The summed E-state index contributed by atoms with van der Waals surface area (Å²) < 4.78 is 13.7. The zero-order valence-electron chi connectivity index (χ0n) is 32.6. The molecule has 2 N–H and O–H groups in total. The van der Waals surface area contributed by atoms with E-state index >= 15 is 0 Å². The second kappa shape index (κ2) is 17.3. The number of fused-ring (bicyclic) bond motifs is 4. The third kappa shape index (κ3) is 8.24. The summed E-state index contributed by atoms with van der Waals surface area (Å²) in [5.74, 6) is -0.215. The van der Waals surface area contributed by atoms with Crippen molar-refractivity contribution in [2.75, 3.05) is 6.61 Å². The van der Waals surface area contributed by atoms with E-state index in [2.05, 4.69) is 20.8 Å². The van der Waals surface area contributed by atoms with Crippen LogP contribution in [0.1, 0.15) is 106 Å². The van der Waals surface area contributed by atoms with Crippen molar-refractivity contribution in [3.05, 3.63) is 142 Å². The number of unbranched alkanes of at least 4 members (excludes halogenated alkanes) is 4. The Labute approximate surface area is 340 Å². The number of imide groups is 2. The molecule has 5 amide bonds. The first-order chi connectivity index (χ1) is 28.8. The number of aliphatic imine (C=N–C) groups is 1. The van der Waals surface area contributed by atoms with Crippen molar-refractivity contribution >= 4 is 35.4 Å². The maximum Gasteiger partial charge on any atom is 0.409 e. The van der Waals surface area contributed by atoms with Gasteiger partial charge in [-0.25, -0.2) is 4.79 Å². The minimum absolute atomic E-state index is 0.0824. The number of hydrogen-bond donors (Lipinski definition) is 2. The Morgan fingerprint density at radius 1 is 0.831 bits per heavy atom. The number of carbonyl (C=O) groups excluding carboxylic acids is 5. The highest BCUT2D eigenvalue weighted by molar-refractivity contribution is 6.24. The predicted octanol–water partition coefficient (Wildman–Crippen LogP) is 6.32. The maximum atomic E-state index is 13.4. The van der Waals surface area contributed by atoms with Crippen molar-refractivity contribution in [2.45, 2.75) is 77.1 Å². The number of nitrogens with one attached hydrogen (secondary N) is 2. The van der Waals surface area contributed by atoms with Crippen LogP contribution in [0.5, 0.6) is 5.75 Å². The first-order valence-corrected chi connectivity index (χ1v) is 19.9. The van der Waals surface area contributed by atoms with Gasteiger partial charge in [0.25, 0.3) is 11.8 Å². The van der Waals surface area contributed by atoms with Crippen LogP contribution in [0.25, 0.3) is 5.69 Å². The largest absolute Gasteiger partial charge is 0.494 e. The summed E-state index contributed by atoms with van der Waals surface area (Å²) in [5, 5.41) is 13.9. The van der Waals surface area contributed by atoms with Gasteiger partial charge in [0.15, 0.2) is 12.0 Å². The van der Waals surface area contributed by atoms with Crippen LogP contribution in [-0.2, 0) is 27.4 Å². The smallest absolute Gasteiger partial charge is 0.409 e. The molecule has 0 bridgehead atoms. The number of amides is 5. The van der Waals surface area contributed by atoms with Crippen molar-refractivity contribution in [3.63, 3.8) is 0 Å². The van der Waals surface area contributed by atoms with E-state index in [4.69, 9.17) is 14.5 Å². The Morgan fingerprint density at radius 2 is 1.59 bits per heavy atom. The molecule has 4 aromatic carbocycles. The molecule has 0 spiro atoms. The first-order valence-electron chi connectivity index (χ1n) is 19.9. The number of nitrogens with zero attached hydrogens (tertiary/aromatic N) is 5. The lowest BCUT2D eigenvalue weighted by Crippen LogP contribution is -2.54. The molecule has 3 aliphatic heterocycles. The van der Waals surface area contributed by atoms with Gasteiger partial charge in [-0.15, -0.1) is 10.2 Å². The zero-order chi connectivity index (χ0) is 40.9. The van der Waals surface area contributed by atoms with E-state index < -0.39 is 41.9 Å². The Morgan fingerprint density at radius 3 is 2.39 bits per heavy atom. The number of carbonyl (C=O) groups is 5. The second-order valence-corrected chi connectivity index (χ2v) is 14.7. The number of piperidine rings is 1. The van der Waals surface area contributed by atoms with Gasteiger partial charge in [-0.3, -0.25) is 44.3 Å². The van der Waals surface area contributed by atoms with Gasteiger partial charge in [0.05, 0.1) is 29.1 Å². The second-order valence-electron chi connectivity index (χ2n) is 14.7. The average Bonchev–Trinajstić information content (AvgIpc) is 3.71. The number of aryl methyl sites for hydroxylation is 2. The molecule has 1 saturated heterocycles. The van der Waals surface area contributed by atoms with E-state index in [1.54, 1.807) is 12.1 Å². The Kier molecular flexibility index (Phi) is 11.4. The van der Waals surface area contributed by atoms with Gasteiger partial charge < -0.3 is 9.47 Å². The van der Waals surface area contributed by atoms with Crippen molar-refractivity contribution in [1.82, 2.24) is 30.3 Å². The molecule has 14 heteroatoms. The molecular weight excluding hydrogens is 751 g/mol. The van der Waals surface area contributed by atoms with Crippen LogP contribution in [0.2, 0.25) is 0 Å². The number of rotatable bonds is 14. The minimum atomic E-state index is -0.983. The Hall–Kier alpha value is -6.96. The summed E-state index contributed by atoms with van der Waals surface area (Å²) in [7, 11) is 0. The molecule has 14 nitrogen and oxygen atoms in total. The highest BCUT2D eigenvalue weighted by atomic mass is 16.5. The van der Waals surface area contributed by atoms with Crippen LogP contribution in [0.15, 0.2) is 102 Å². The van der Waals surface area contributed by atoms with Gasteiger partial charge in [-0.05, 0) is 68.0 Å².